The standard InChI is InChI=1S/C19H20S/c1-19(2,3)15-9-11-16-10-7-8-14-18(16)20-17-12-5-4-6-13-17/h4-8,10,12-14H,11H2,1-3H3. The molecule has 0 N–H and O–H groups in total. The van der Waals surface area contributed by atoms with E-state index in [4.69, 9.17) is 0 Å². The van der Waals surface area contributed by atoms with E-state index in [9.17, 15) is 0 Å². The predicted molar refractivity (Wildman–Crippen MR) is 87.9 cm³/mol. The third-order valence-electron chi connectivity index (χ3n) is 2.69. The van der Waals surface area contributed by atoms with Crippen molar-refractivity contribution >= 4 is 11.8 Å². The molecule has 0 unspecified atom stereocenters. The van der Waals surface area contributed by atoms with E-state index in [-0.39, 0.29) is 5.41 Å². The van der Waals surface area contributed by atoms with Crippen molar-refractivity contribution in [2.75, 3.05) is 0 Å². The lowest BCUT2D eigenvalue weighted by Gasteiger charge is -2.08. The molecule has 2 aromatic carbocycles. The van der Waals surface area contributed by atoms with Gasteiger partial charge in [0.1, 0.15) is 0 Å². The topological polar surface area (TPSA) is 0 Å². The summed E-state index contributed by atoms with van der Waals surface area (Å²) in [5.41, 5.74) is 1.37. The van der Waals surface area contributed by atoms with E-state index in [1.165, 1.54) is 15.4 Å². The van der Waals surface area contributed by atoms with Crippen molar-refractivity contribution in [2.24, 2.45) is 5.41 Å². The molecule has 0 fully saturated rings. The largest absolute Gasteiger partial charge is 0.0979 e. The fourth-order valence-electron chi connectivity index (χ4n) is 1.77. The van der Waals surface area contributed by atoms with Gasteiger partial charge in [0.05, 0.1) is 0 Å². The zero-order valence-corrected chi connectivity index (χ0v) is 13.1. The van der Waals surface area contributed by atoms with Crippen molar-refractivity contribution in [2.45, 2.75) is 37.0 Å². The molecule has 0 bridgehead atoms. The zero-order valence-electron chi connectivity index (χ0n) is 12.3. The quantitative estimate of drug-likeness (QED) is 0.676. The van der Waals surface area contributed by atoms with E-state index >= 15 is 0 Å². The first kappa shape index (κ1) is 14.8. The van der Waals surface area contributed by atoms with Gasteiger partial charge in [0.2, 0.25) is 0 Å². The lowest BCUT2D eigenvalue weighted by molar-refractivity contribution is 0.570. The monoisotopic (exact) mass is 280 g/mol. The first-order chi connectivity index (χ1) is 9.54. The Hall–Kier alpha value is -1.65. The predicted octanol–water partition coefficient (Wildman–Crippen LogP) is 5.43. The van der Waals surface area contributed by atoms with E-state index in [1.54, 1.807) is 11.8 Å². The number of benzene rings is 2. The van der Waals surface area contributed by atoms with Crippen molar-refractivity contribution in [1.29, 1.82) is 0 Å². The second kappa shape index (κ2) is 6.68. The van der Waals surface area contributed by atoms with Gasteiger partial charge in [0, 0.05) is 21.6 Å². The molecule has 0 saturated heterocycles. The van der Waals surface area contributed by atoms with Gasteiger partial charge in [-0.3, -0.25) is 0 Å². The second-order valence-corrected chi connectivity index (χ2v) is 6.87. The maximum Gasteiger partial charge on any atom is 0.0351 e. The van der Waals surface area contributed by atoms with Gasteiger partial charge in [0.25, 0.3) is 0 Å². The number of rotatable bonds is 3. The Bertz CT molecular complexity index is 609. The summed E-state index contributed by atoms with van der Waals surface area (Å²) in [7, 11) is 0. The smallest absolute Gasteiger partial charge is 0.0351 e. The molecular weight excluding hydrogens is 260 g/mol. The Morgan fingerprint density at radius 1 is 0.900 bits per heavy atom. The third-order valence-corrected chi connectivity index (χ3v) is 3.81. The molecule has 0 radical (unpaired) electrons. The molecule has 0 spiro atoms. The first-order valence-corrected chi connectivity index (χ1v) is 7.67. The average molecular weight is 280 g/mol. The molecule has 0 aliphatic carbocycles. The van der Waals surface area contributed by atoms with Crippen molar-refractivity contribution in [1.82, 2.24) is 0 Å². The maximum absolute atomic E-state index is 3.30. The highest BCUT2D eigenvalue weighted by Gasteiger charge is 2.05. The molecule has 102 valence electrons. The van der Waals surface area contributed by atoms with E-state index in [0.29, 0.717) is 0 Å². The minimum absolute atomic E-state index is 0.0709. The fourth-order valence-corrected chi connectivity index (χ4v) is 2.73. The van der Waals surface area contributed by atoms with Crippen LogP contribution in [0.5, 0.6) is 0 Å². The average Bonchev–Trinajstić information content (AvgIpc) is 2.40. The molecule has 0 amide bonds. The van der Waals surface area contributed by atoms with Crippen molar-refractivity contribution < 1.29 is 0 Å². The Kier molecular flexibility index (Phi) is 4.93. The van der Waals surface area contributed by atoms with Crippen LogP contribution in [-0.2, 0) is 6.42 Å². The fraction of sp³-hybridized carbons (Fsp3) is 0.263. The Balaban J connectivity index is 2.16. The minimum atomic E-state index is 0.0709. The molecule has 0 aliphatic heterocycles. The molecule has 0 heterocycles. The van der Waals surface area contributed by atoms with E-state index in [1.807, 2.05) is 6.07 Å². The van der Waals surface area contributed by atoms with Crippen LogP contribution in [0.1, 0.15) is 26.3 Å². The Morgan fingerprint density at radius 3 is 2.25 bits per heavy atom. The molecule has 0 nitrogen and oxygen atoms in total. The summed E-state index contributed by atoms with van der Waals surface area (Å²) in [5, 5.41) is 0. The van der Waals surface area contributed by atoms with E-state index in [0.717, 1.165) is 6.42 Å². The Labute approximate surface area is 126 Å². The summed E-state index contributed by atoms with van der Waals surface area (Å²) in [6.45, 7) is 6.43. The van der Waals surface area contributed by atoms with Gasteiger partial charge < -0.3 is 0 Å². The van der Waals surface area contributed by atoms with Crippen LogP contribution < -0.4 is 0 Å². The van der Waals surface area contributed by atoms with Crippen LogP contribution in [0.2, 0.25) is 0 Å². The van der Waals surface area contributed by atoms with Crippen LogP contribution in [0.15, 0.2) is 64.4 Å². The number of hydrogen-bond donors (Lipinski definition) is 0. The van der Waals surface area contributed by atoms with Crippen LogP contribution in [0.4, 0.5) is 0 Å². The lowest BCUT2D eigenvalue weighted by atomic mass is 9.97. The maximum atomic E-state index is 3.30. The van der Waals surface area contributed by atoms with Gasteiger partial charge in [-0.25, -0.2) is 0 Å². The highest BCUT2D eigenvalue weighted by atomic mass is 32.2. The molecule has 2 aromatic rings. The molecular formula is C19H20S. The SMILES string of the molecule is CC(C)(C)C#CCc1ccccc1Sc1ccccc1. The number of hydrogen-bond acceptors (Lipinski definition) is 1. The van der Waals surface area contributed by atoms with E-state index in [2.05, 4.69) is 81.1 Å². The molecule has 0 aromatic heterocycles. The summed E-state index contributed by atoms with van der Waals surface area (Å²) in [6, 6.07) is 19.0. The normalized spacial score (nSPS) is 10.8. The van der Waals surface area contributed by atoms with Gasteiger partial charge >= 0.3 is 0 Å². The summed E-state index contributed by atoms with van der Waals surface area (Å²) in [4.78, 5) is 2.56. The highest BCUT2D eigenvalue weighted by Crippen LogP contribution is 2.30. The lowest BCUT2D eigenvalue weighted by Crippen LogP contribution is -1.99. The van der Waals surface area contributed by atoms with Crippen LogP contribution in [-0.4, -0.2) is 0 Å². The molecule has 20 heavy (non-hydrogen) atoms. The van der Waals surface area contributed by atoms with Crippen molar-refractivity contribution in [3.05, 3.63) is 60.2 Å². The third kappa shape index (κ3) is 4.79. The molecule has 2 rings (SSSR count). The molecule has 0 saturated carbocycles. The van der Waals surface area contributed by atoms with Gasteiger partial charge in [-0.05, 0) is 44.5 Å². The first-order valence-electron chi connectivity index (χ1n) is 6.85. The van der Waals surface area contributed by atoms with Gasteiger partial charge in [-0.15, -0.1) is 0 Å². The summed E-state index contributed by atoms with van der Waals surface area (Å²) in [6.07, 6.45) is 0.813. The van der Waals surface area contributed by atoms with Crippen LogP contribution in [0, 0.1) is 17.3 Å². The second-order valence-electron chi connectivity index (χ2n) is 5.75. The summed E-state index contributed by atoms with van der Waals surface area (Å²) in [5.74, 6) is 6.61. The molecule has 0 atom stereocenters. The van der Waals surface area contributed by atoms with Crippen LogP contribution in [0.3, 0.4) is 0 Å². The zero-order chi connectivity index (χ0) is 14.4. The molecule has 0 aliphatic rings. The summed E-state index contributed by atoms with van der Waals surface area (Å²) >= 11 is 1.80. The van der Waals surface area contributed by atoms with Crippen LogP contribution >= 0.6 is 11.8 Å². The summed E-state index contributed by atoms with van der Waals surface area (Å²) < 4.78 is 0. The van der Waals surface area contributed by atoms with Gasteiger partial charge in [-0.1, -0.05) is 60.0 Å². The minimum Gasteiger partial charge on any atom is -0.0979 e. The highest BCUT2D eigenvalue weighted by molar-refractivity contribution is 7.99. The van der Waals surface area contributed by atoms with Crippen molar-refractivity contribution in [3.63, 3.8) is 0 Å². The van der Waals surface area contributed by atoms with E-state index < -0.39 is 0 Å². The Morgan fingerprint density at radius 2 is 1.55 bits per heavy atom. The van der Waals surface area contributed by atoms with Gasteiger partial charge in [0.15, 0.2) is 0 Å². The van der Waals surface area contributed by atoms with Gasteiger partial charge in [-0.2, -0.15) is 0 Å². The molecule has 1 heteroatoms. The van der Waals surface area contributed by atoms with Crippen LogP contribution in [0.25, 0.3) is 0 Å². The van der Waals surface area contributed by atoms with Crippen molar-refractivity contribution in [3.8, 4) is 11.8 Å².